The minimum Gasteiger partial charge on any atom is -0.490 e. The number of nitrogens with one attached hydrogen (secondary N) is 1. The van der Waals surface area contributed by atoms with Gasteiger partial charge in [-0.2, -0.15) is 0 Å². The number of esters is 1. The molecule has 196 valence electrons. The Morgan fingerprint density at radius 3 is 2.46 bits per heavy atom. The van der Waals surface area contributed by atoms with Gasteiger partial charge in [0.25, 0.3) is 17.1 Å². The molecule has 1 aliphatic heterocycles. The highest BCUT2D eigenvalue weighted by atomic mass is 127. The summed E-state index contributed by atoms with van der Waals surface area (Å²) in [4.78, 5) is 50.9. The topological polar surface area (TPSA) is 111 Å². The molecule has 3 amide bonds. The van der Waals surface area contributed by atoms with E-state index < -0.39 is 23.2 Å². The molecule has 0 bridgehead atoms. The van der Waals surface area contributed by atoms with Gasteiger partial charge in [-0.25, -0.2) is 4.79 Å². The van der Waals surface area contributed by atoms with E-state index in [-0.39, 0.29) is 24.0 Å². The van der Waals surface area contributed by atoms with Gasteiger partial charge in [-0.15, -0.1) is 0 Å². The van der Waals surface area contributed by atoms with Crippen LogP contribution >= 0.6 is 34.4 Å². The van der Waals surface area contributed by atoms with Crippen LogP contribution in [0.2, 0.25) is 0 Å². The minimum absolute atomic E-state index is 0.149. The fourth-order valence-corrected chi connectivity index (χ4v) is 5.07. The lowest BCUT2D eigenvalue weighted by Gasteiger charge is -2.19. The predicted octanol–water partition coefficient (Wildman–Crippen LogP) is 5.00. The molecule has 1 N–H and O–H groups in total. The van der Waals surface area contributed by atoms with Crippen LogP contribution in [-0.4, -0.2) is 53.8 Å². The first-order valence-corrected chi connectivity index (χ1v) is 13.4. The number of halogens is 1. The molecule has 9 nitrogen and oxygen atoms in total. The van der Waals surface area contributed by atoms with Gasteiger partial charge in [-0.1, -0.05) is 17.7 Å². The van der Waals surface area contributed by atoms with Crippen LogP contribution in [0.4, 0.5) is 10.5 Å². The minimum atomic E-state index is -1.03. The second kappa shape index (κ2) is 13.0. The zero-order chi connectivity index (χ0) is 27.1. The number of amides is 3. The quantitative estimate of drug-likeness (QED) is 0.220. The number of carbonyl (C=O) groups is 4. The van der Waals surface area contributed by atoms with Gasteiger partial charge in [0.05, 0.1) is 21.7 Å². The molecule has 1 heterocycles. The summed E-state index contributed by atoms with van der Waals surface area (Å²) in [5.41, 5.74) is 2.35. The van der Waals surface area contributed by atoms with Crippen LogP contribution in [0.15, 0.2) is 41.3 Å². The molecule has 2 aromatic carbocycles. The molecule has 0 unspecified atom stereocenters. The van der Waals surface area contributed by atoms with Crippen LogP contribution in [0, 0.1) is 10.5 Å². The second-order valence-corrected chi connectivity index (χ2v) is 10.1. The third kappa shape index (κ3) is 7.25. The highest BCUT2D eigenvalue weighted by molar-refractivity contribution is 14.1. The summed E-state index contributed by atoms with van der Waals surface area (Å²) in [7, 11) is 0. The number of thioether (sulfide) groups is 1. The summed E-state index contributed by atoms with van der Waals surface area (Å²) < 4.78 is 17.1. The molecule has 1 atom stereocenters. The van der Waals surface area contributed by atoms with Gasteiger partial charge in [-0.05, 0) is 98.0 Å². The third-order valence-corrected chi connectivity index (χ3v) is 6.84. The number of carbonyl (C=O) groups excluding carboxylic acids is 4. The lowest BCUT2D eigenvalue weighted by Crippen LogP contribution is -2.42. The zero-order valence-corrected chi connectivity index (χ0v) is 23.8. The van der Waals surface area contributed by atoms with Crippen LogP contribution in [-0.2, 0) is 19.1 Å². The van der Waals surface area contributed by atoms with Gasteiger partial charge in [-0.3, -0.25) is 19.3 Å². The molecule has 2 aromatic rings. The highest BCUT2D eigenvalue weighted by Gasteiger charge is 2.41. The standard InChI is InChI=1S/C26H27IN2O7S/c1-5-34-20-12-17(13-21-24(31)29(26(33)37-21)16(4)25(32)35-6-2)11-19(27)23(20)36-14-22(30)28-18-9-7-15(3)8-10-18/h7-13,16H,5-6,14H2,1-4H3,(H,28,30)/b21-13+/t16-/m1/s1. The van der Waals surface area contributed by atoms with Crippen molar-refractivity contribution in [3.05, 3.63) is 56.0 Å². The number of ether oxygens (including phenoxy) is 3. The van der Waals surface area contributed by atoms with E-state index in [0.717, 1.165) is 22.2 Å². The van der Waals surface area contributed by atoms with E-state index >= 15 is 0 Å². The smallest absolute Gasteiger partial charge is 0.329 e. The summed E-state index contributed by atoms with van der Waals surface area (Å²) in [6, 6.07) is 9.81. The molecule has 0 spiro atoms. The Kier molecular flexibility index (Phi) is 9.98. The summed E-state index contributed by atoms with van der Waals surface area (Å²) in [5, 5.41) is 2.24. The lowest BCUT2D eigenvalue weighted by molar-refractivity contribution is -0.150. The van der Waals surface area contributed by atoms with E-state index in [2.05, 4.69) is 27.9 Å². The van der Waals surface area contributed by atoms with E-state index in [1.54, 1.807) is 25.1 Å². The van der Waals surface area contributed by atoms with Crippen molar-refractivity contribution in [2.75, 3.05) is 25.1 Å². The number of anilines is 1. The Hall–Kier alpha value is -3.06. The molecule has 3 rings (SSSR count). The number of imide groups is 1. The molecular weight excluding hydrogens is 611 g/mol. The normalized spacial score (nSPS) is 15.1. The monoisotopic (exact) mass is 638 g/mol. The molecule has 0 aromatic heterocycles. The first kappa shape index (κ1) is 28.5. The maximum Gasteiger partial charge on any atom is 0.329 e. The van der Waals surface area contributed by atoms with Crippen LogP contribution in [0.5, 0.6) is 11.5 Å². The molecule has 37 heavy (non-hydrogen) atoms. The highest BCUT2D eigenvalue weighted by Crippen LogP contribution is 2.38. The van der Waals surface area contributed by atoms with Gasteiger partial charge >= 0.3 is 5.97 Å². The third-order valence-electron chi connectivity index (χ3n) is 5.15. The first-order chi connectivity index (χ1) is 17.6. The van der Waals surface area contributed by atoms with E-state index in [1.807, 2.05) is 38.1 Å². The summed E-state index contributed by atoms with van der Waals surface area (Å²) in [6.07, 6.45) is 1.56. The molecule has 11 heteroatoms. The maximum atomic E-state index is 12.9. The van der Waals surface area contributed by atoms with Crippen LogP contribution in [0.25, 0.3) is 6.08 Å². The summed E-state index contributed by atoms with van der Waals surface area (Å²) in [6.45, 7) is 7.15. The van der Waals surface area contributed by atoms with Gasteiger partial charge in [0, 0.05) is 5.69 Å². The van der Waals surface area contributed by atoms with Crippen LogP contribution in [0.1, 0.15) is 31.9 Å². The van der Waals surface area contributed by atoms with Crippen molar-refractivity contribution in [1.82, 2.24) is 4.90 Å². The Labute approximate surface area is 233 Å². The Bertz CT molecular complexity index is 1230. The molecule has 0 saturated carbocycles. The van der Waals surface area contributed by atoms with Gasteiger partial charge in [0.1, 0.15) is 6.04 Å². The number of benzene rings is 2. The van der Waals surface area contributed by atoms with Crippen LogP contribution < -0.4 is 14.8 Å². The van der Waals surface area contributed by atoms with Gasteiger partial charge < -0.3 is 19.5 Å². The van der Waals surface area contributed by atoms with Crippen LogP contribution in [0.3, 0.4) is 0 Å². The van der Waals surface area contributed by atoms with Gasteiger partial charge in [0.2, 0.25) is 0 Å². The number of aryl methyl sites for hydroxylation is 1. The second-order valence-electron chi connectivity index (χ2n) is 7.95. The van der Waals surface area contributed by atoms with E-state index in [0.29, 0.717) is 32.9 Å². The van der Waals surface area contributed by atoms with Crippen molar-refractivity contribution in [2.45, 2.75) is 33.7 Å². The number of nitrogens with zero attached hydrogens (tertiary/aromatic N) is 1. The Morgan fingerprint density at radius 2 is 1.81 bits per heavy atom. The molecule has 0 aliphatic carbocycles. The van der Waals surface area contributed by atoms with Crippen molar-refractivity contribution in [2.24, 2.45) is 0 Å². The fourth-order valence-electron chi connectivity index (χ4n) is 3.38. The maximum absolute atomic E-state index is 12.9. The number of hydrogen-bond acceptors (Lipinski definition) is 8. The predicted molar refractivity (Wildman–Crippen MR) is 150 cm³/mol. The lowest BCUT2D eigenvalue weighted by atomic mass is 10.1. The largest absolute Gasteiger partial charge is 0.490 e. The Balaban J connectivity index is 1.77. The Morgan fingerprint density at radius 1 is 1.11 bits per heavy atom. The first-order valence-electron chi connectivity index (χ1n) is 11.5. The molecule has 1 saturated heterocycles. The molecule has 1 aliphatic rings. The van der Waals surface area contributed by atoms with E-state index in [1.165, 1.54) is 6.92 Å². The molecule has 1 fully saturated rings. The van der Waals surface area contributed by atoms with Crippen molar-refractivity contribution < 1.29 is 33.4 Å². The average Bonchev–Trinajstić information content (AvgIpc) is 3.12. The van der Waals surface area contributed by atoms with E-state index in [9.17, 15) is 19.2 Å². The SMILES string of the molecule is CCOC(=O)[C@@H](C)N1C(=O)S/C(=C/c2cc(I)c(OCC(=O)Nc3ccc(C)cc3)c(OCC)c2)C1=O. The van der Waals surface area contributed by atoms with Crippen molar-refractivity contribution in [3.8, 4) is 11.5 Å². The number of rotatable bonds is 10. The molecule has 0 radical (unpaired) electrons. The van der Waals surface area contributed by atoms with E-state index in [4.69, 9.17) is 14.2 Å². The molecular formula is C26H27IN2O7S. The van der Waals surface area contributed by atoms with Crippen molar-refractivity contribution in [1.29, 1.82) is 0 Å². The van der Waals surface area contributed by atoms with Crippen molar-refractivity contribution >= 4 is 69.1 Å². The zero-order valence-electron chi connectivity index (χ0n) is 20.8. The van der Waals surface area contributed by atoms with Gasteiger partial charge in [0.15, 0.2) is 18.1 Å². The summed E-state index contributed by atoms with van der Waals surface area (Å²) >= 11 is 2.81. The average molecular weight is 638 g/mol. The van der Waals surface area contributed by atoms with Crippen molar-refractivity contribution in [3.63, 3.8) is 0 Å². The fraction of sp³-hybridized carbons (Fsp3) is 0.308. The number of hydrogen-bond donors (Lipinski definition) is 1. The summed E-state index contributed by atoms with van der Waals surface area (Å²) in [5.74, 6) is -0.759.